The summed E-state index contributed by atoms with van der Waals surface area (Å²) in [6.45, 7) is 2.58. The highest BCUT2D eigenvalue weighted by Gasteiger charge is 2.11. The van der Waals surface area contributed by atoms with E-state index in [1.54, 1.807) is 6.26 Å². The van der Waals surface area contributed by atoms with E-state index in [9.17, 15) is 4.21 Å². The third kappa shape index (κ3) is 6.56. The van der Waals surface area contributed by atoms with Gasteiger partial charge in [-0.1, -0.05) is 24.3 Å². The summed E-state index contributed by atoms with van der Waals surface area (Å²) in [6, 6.07) is 8.09. The molecule has 1 aromatic rings. The van der Waals surface area contributed by atoms with Crippen molar-refractivity contribution in [3.05, 3.63) is 35.4 Å². The summed E-state index contributed by atoms with van der Waals surface area (Å²) in [4.78, 5) is 6.60. The summed E-state index contributed by atoms with van der Waals surface area (Å²) < 4.78 is 11.2. The molecule has 0 aromatic heterocycles. The highest BCUT2D eigenvalue weighted by Crippen LogP contribution is 2.10. The van der Waals surface area contributed by atoms with Crippen LogP contribution in [0.1, 0.15) is 11.1 Å². The molecule has 0 saturated carbocycles. The molecule has 7 heteroatoms. The van der Waals surface area contributed by atoms with Crippen LogP contribution in [-0.4, -0.2) is 45.9 Å². The lowest BCUT2D eigenvalue weighted by Crippen LogP contribution is -2.42. The summed E-state index contributed by atoms with van der Waals surface area (Å²) in [5.74, 6) is 3.50. The predicted octanol–water partition coefficient (Wildman–Crippen LogP) is 2.05. The van der Waals surface area contributed by atoms with Gasteiger partial charge >= 0.3 is 0 Å². The van der Waals surface area contributed by atoms with Crippen LogP contribution in [0.2, 0.25) is 0 Å². The Bertz CT molecular complexity index is 487. The quantitative estimate of drug-likeness (QED) is 0.443. The molecule has 1 heterocycles. The Balaban J connectivity index is 0.00000220. The van der Waals surface area contributed by atoms with Gasteiger partial charge in [0.25, 0.3) is 0 Å². The number of thioether (sulfide) groups is 1. The Kier molecular flexibility index (Phi) is 8.65. The van der Waals surface area contributed by atoms with Crippen molar-refractivity contribution in [1.82, 2.24) is 4.90 Å². The molecule has 1 aliphatic heterocycles. The molecule has 0 aliphatic carbocycles. The fraction of sp³-hybridized carbons (Fsp3) is 0.500. The number of nitrogens with zero attached hydrogens (tertiary/aromatic N) is 2. The van der Waals surface area contributed by atoms with Gasteiger partial charge in [0.05, 0.1) is 6.54 Å². The number of rotatable bonds is 4. The van der Waals surface area contributed by atoms with E-state index in [1.165, 1.54) is 0 Å². The Hall–Kier alpha value is -0.280. The van der Waals surface area contributed by atoms with Crippen LogP contribution in [0.15, 0.2) is 29.3 Å². The maximum Gasteiger partial charge on any atom is 0.191 e. The van der Waals surface area contributed by atoms with Gasteiger partial charge in [-0.25, -0.2) is 4.99 Å². The first-order valence-electron chi connectivity index (χ1n) is 6.65. The SMILES string of the molecule is CS(=O)Cc1ccc(CN=C(N)N2CCSCC2)cc1.I. The smallest absolute Gasteiger partial charge is 0.191 e. The second-order valence-corrected chi connectivity index (χ2v) is 7.47. The maximum atomic E-state index is 11.2. The van der Waals surface area contributed by atoms with Gasteiger partial charge in [-0.2, -0.15) is 11.8 Å². The molecule has 0 amide bonds. The minimum atomic E-state index is -0.794. The normalized spacial score (nSPS) is 17.2. The van der Waals surface area contributed by atoms with Crippen LogP contribution in [0.4, 0.5) is 0 Å². The zero-order chi connectivity index (χ0) is 14.4. The number of hydrogen-bond acceptors (Lipinski definition) is 3. The Morgan fingerprint density at radius 3 is 2.43 bits per heavy atom. The maximum absolute atomic E-state index is 11.2. The van der Waals surface area contributed by atoms with Gasteiger partial charge in [-0.3, -0.25) is 4.21 Å². The van der Waals surface area contributed by atoms with Crippen molar-refractivity contribution < 1.29 is 4.21 Å². The van der Waals surface area contributed by atoms with Gasteiger partial charge in [0.15, 0.2) is 5.96 Å². The lowest BCUT2D eigenvalue weighted by atomic mass is 10.1. The lowest BCUT2D eigenvalue weighted by Gasteiger charge is -2.27. The first-order chi connectivity index (χ1) is 9.65. The topological polar surface area (TPSA) is 58.7 Å². The van der Waals surface area contributed by atoms with E-state index < -0.39 is 10.8 Å². The zero-order valence-electron chi connectivity index (χ0n) is 12.2. The second-order valence-electron chi connectivity index (χ2n) is 4.81. The van der Waals surface area contributed by atoms with E-state index in [4.69, 9.17) is 5.73 Å². The fourth-order valence-corrected chi connectivity index (χ4v) is 3.61. The molecule has 4 nitrogen and oxygen atoms in total. The largest absolute Gasteiger partial charge is 0.370 e. The van der Waals surface area contributed by atoms with Gasteiger partial charge in [-0.05, 0) is 11.1 Å². The molecule has 1 aliphatic rings. The monoisotopic (exact) mass is 439 g/mol. The molecule has 0 radical (unpaired) electrons. The molecule has 1 aromatic carbocycles. The standard InChI is InChI=1S/C14H21N3OS2.HI/c1-20(18)11-13-4-2-12(3-5-13)10-16-14(15)17-6-8-19-9-7-17;/h2-5H,6-11H2,1H3,(H2,15,16);1H. The Morgan fingerprint density at radius 1 is 1.29 bits per heavy atom. The number of guanidine groups is 1. The summed E-state index contributed by atoms with van der Waals surface area (Å²) >= 11 is 1.96. The lowest BCUT2D eigenvalue weighted by molar-refractivity contribution is 0.455. The molecular formula is C14H22IN3OS2. The highest BCUT2D eigenvalue weighted by atomic mass is 127. The van der Waals surface area contributed by atoms with E-state index in [-0.39, 0.29) is 24.0 Å². The number of halogens is 1. The molecule has 21 heavy (non-hydrogen) atoms. The molecule has 2 N–H and O–H groups in total. The van der Waals surface area contributed by atoms with Crippen LogP contribution in [0.5, 0.6) is 0 Å². The summed E-state index contributed by atoms with van der Waals surface area (Å²) in [7, 11) is -0.794. The van der Waals surface area contributed by atoms with Gasteiger partial charge in [0.2, 0.25) is 0 Å². The third-order valence-corrected chi connectivity index (χ3v) is 4.83. The van der Waals surface area contributed by atoms with Crippen LogP contribution < -0.4 is 5.73 Å². The van der Waals surface area contributed by atoms with Gasteiger partial charge in [-0.15, -0.1) is 24.0 Å². The van der Waals surface area contributed by atoms with Crippen molar-refractivity contribution in [3.63, 3.8) is 0 Å². The van der Waals surface area contributed by atoms with E-state index in [0.717, 1.165) is 35.7 Å². The van der Waals surface area contributed by atoms with Crippen molar-refractivity contribution in [2.24, 2.45) is 10.7 Å². The average Bonchev–Trinajstić information content (AvgIpc) is 2.46. The molecular weight excluding hydrogens is 417 g/mol. The summed E-state index contributed by atoms with van der Waals surface area (Å²) in [5, 5.41) is 0. The molecule has 2 rings (SSSR count). The molecule has 118 valence electrons. The minimum Gasteiger partial charge on any atom is -0.370 e. The number of aliphatic imine (C=N–C) groups is 1. The fourth-order valence-electron chi connectivity index (χ4n) is 2.04. The van der Waals surface area contributed by atoms with Crippen LogP contribution in [0, 0.1) is 0 Å². The Labute approximate surface area is 150 Å². The van der Waals surface area contributed by atoms with Crippen molar-refractivity contribution in [2.75, 3.05) is 30.9 Å². The van der Waals surface area contributed by atoms with Crippen LogP contribution >= 0.6 is 35.7 Å². The van der Waals surface area contributed by atoms with Gasteiger partial charge in [0, 0.05) is 47.4 Å². The highest BCUT2D eigenvalue weighted by molar-refractivity contribution is 14.0. The van der Waals surface area contributed by atoms with Crippen LogP contribution in [0.25, 0.3) is 0 Å². The minimum absolute atomic E-state index is 0. The molecule has 1 atom stereocenters. The van der Waals surface area contributed by atoms with E-state index in [0.29, 0.717) is 18.3 Å². The van der Waals surface area contributed by atoms with E-state index >= 15 is 0 Å². The average molecular weight is 439 g/mol. The van der Waals surface area contributed by atoms with Crippen molar-refractivity contribution in [3.8, 4) is 0 Å². The number of nitrogens with two attached hydrogens (primary N) is 1. The number of benzene rings is 1. The summed E-state index contributed by atoms with van der Waals surface area (Å²) in [6.07, 6.45) is 1.72. The molecule has 0 spiro atoms. The van der Waals surface area contributed by atoms with Gasteiger partial charge in [0.1, 0.15) is 0 Å². The molecule has 1 fully saturated rings. The van der Waals surface area contributed by atoms with E-state index in [1.807, 2.05) is 36.0 Å². The first kappa shape index (κ1) is 18.8. The molecule has 1 unspecified atom stereocenters. The third-order valence-electron chi connectivity index (χ3n) is 3.15. The van der Waals surface area contributed by atoms with Crippen LogP contribution in [-0.2, 0) is 23.1 Å². The predicted molar refractivity (Wildman–Crippen MR) is 104 cm³/mol. The summed E-state index contributed by atoms with van der Waals surface area (Å²) in [5.41, 5.74) is 8.24. The molecule has 0 bridgehead atoms. The van der Waals surface area contributed by atoms with Crippen LogP contribution in [0.3, 0.4) is 0 Å². The van der Waals surface area contributed by atoms with E-state index in [2.05, 4.69) is 9.89 Å². The second kappa shape index (κ2) is 9.68. The van der Waals surface area contributed by atoms with Crippen molar-refractivity contribution in [2.45, 2.75) is 12.3 Å². The van der Waals surface area contributed by atoms with Crippen molar-refractivity contribution >= 4 is 52.5 Å². The first-order valence-corrected chi connectivity index (χ1v) is 9.54. The molecule has 1 saturated heterocycles. The Morgan fingerprint density at radius 2 is 1.86 bits per heavy atom. The zero-order valence-corrected chi connectivity index (χ0v) is 16.1. The van der Waals surface area contributed by atoms with Gasteiger partial charge < -0.3 is 10.6 Å². The number of hydrogen-bond donors (Lipinski definition) is 1. The van der Waals surface area contributed by atoms with Crippen molar-refractivity contribution in [1.29, 1.82) is 0 Å².